The van der Waals surface area contributed by atoms with Crippen LogP contribution in [0.15, 0.2) is 59.2 Å². The number of aryl methyl sites for hydroxylation is 1. The van der Waals surface area contributed by atoms with Crippen molar-refractivity contribution in [1.29, 1.82) is 0 Å². The molecule has 2 heterocycles. The van der Waals surface area contributed by atoms with E-state index in [1.165, 1.54) is 11.3 Å². The lowest BCUT2D eigenvalue weighted by molar-refractivity contribution is 0.0737. The zero-order chi connectivity index (χ0) is 23.7. The molecule has 0 aliphatic heterocycles. The average Bonchev–Trinajstić information content (AvgIpc) is 3.36. The maximum absolute atomic E-state index is 13.6. The van der Waals surface area contributed by atoms with Crippen LogP contribution in [0.2, 0.25) is 5.02 Å². The molecule has 2 aromatic carbocycles. The maximum atomic E-state index is 13.6. The van der Waals surface area contributed by atoms with Gasteiger partial charge < -0.3 is 14.6 Å². The molecule has 8 heteroatoms. The van der Waals surface area contributed by atoms with Crippen molar-refractivity contribution in [2.45, 2.75) is 19.8 Å². The first-order chi connectivity index (χ1) is 16.5. The van der Waals surface area contributed by atoms with Gasteiger partial charge in [-0.1, -0.05) is 29.8 Å². The number of aromatic nitrogens is 1. The number of nitrogens with zero attached hydrogens (tertiary/aromatic N) is 2. The Hall–Kier alpha value is -3.16. The summed E-state index contributed by atoms with van der Waals surface area (Å²) in [5.41, 5.74) is 2.62. The fourth-order valence-electron chi connectivity index (χ4n) is 4.00. The predicted molar refractivity (Wildman–Crippen MR) is 134 cm³/mol. The summed E-state index contributed by atoms with van der Waals surface area (Å²) in [5.74, 6) is 0.225. The third kappa shape index (κ3) is 4.86. The quantitative estimate of drug-likeness (QED) is 0.336. The number of thiazole rings is 1. The van der Waals surface area contributed by atoms with E-state index in [-0.39, 0.29) is 11.8 Å². The van der Waals surface area contributed by atoms with Crippen molar-refractivity contribution >= 4 is 45.7 Å². The lowest BCUT2D eigenvalue weighted by Crippen LogP contribution is -2.40. The first-order valence-electron chi connectivity index (χ1n) is 11.3. The minimum atomic E-state index is -0.183. The van der Waals surface area contributed by atoms with Crippen LogP contribution in [0.3, 0.4) is 0 Å². The molecular formula is C26H24ClN3O3S. The van der Waals surface area contributed by atoms with Crippen LogP contribution in [0.5, 0.6) is 0 Å². The highest BCUT2D eigenvalue weighted by Crippen LogP contribution is 2.34. The first-order valence-corrected chi connectivity index (χ1v) is 12.5. The van der Waals surface area contributed by atoms with Gasteiger partial charge in [-0.15, -0.1) is 11.3 Å². The number of carbonyl (C=O) groups is 2. The van der Waals surface area contributed by atoms with Gasteiger partial charge in [0, 0.05) is 30.0 Å². The van der Waals surface area contributed by atoms with E-state index in [1.54, 1.807) is 24.5 Å². The highest BCUT2D eigenvalue weighted by Gasteiger charge is 2.30. The van der Waals surface area contributed by atoms with Gasteiger partial charge in [0.15, 0.2) is 0 Å². The van der Waals surface area contributed by atoms with Crippen molar-refractivity contribution < 1.29 is 14.0 Å². The summed E-state index contributed by atoms with van der Waals surface area (Å²) >= 11 is 7.55. The second kappa shape index (κ2) is 9.60. The SMILES string of the molecule is Cc1nc(C(=O)N(CCNC(=O)c2cccc3occc23)CC2CC2)c(-c2ccc(Cl)cc2)s1. The Morgan fingerprint density at radius 1 is 1.18 bits per heavy atom. The van der Waals surface area contributed by atoms with Crippen molar-refractivity contribution in [3.05, 3.63) is 76.1 Å². The van der Waals surface area contributed by atoms with Crippen molar-refractivity contribution in [2.75, 3.05) is 19.6 Å². The van der Waals surface area contributed by atoms with Crippen LogP contribution in [-0.4, -0.2) is 41.3 Å². The second-order valence-corrected chi connectivity index (χ2v) is 10.1. The van der Waals surface area contributed by atoms with E-state index in [1.807, 2.05) is 42.2 Å². The monoisotopic (exact) mass is 493 g/mol. The summed E-state index contributed by atoms with van der Waals surface area (Å²) < 4.78 is 5.39. The fraction of sp³-hybridized carbons (Fsp3) is 0.269. The molecule has 4 aromatic rings. The summed E-state index contributed by atoms with van der Waals surface area (Å²) in [6.07, 6.45) is 3.82. The molecule has 1 saturated carbocycles. The van der Waals surface area contributed by atoms with E-state index in [0.717, 1.165) is 33.7 Å². The molecule has 1 fully saturated rings. The van der Waals surface area contributed by atoms with Gasteiger partial charge in [-0.25, -0.2) is 4.98 Å². The third-order valence-electron chi connectivity index (χ3n) is 5.91. The molecule has 1 aliphatic carbocycles. The topological polar surface area (TPSA) is 75.4 Å². The molecule has 174 valence electrons. The number of carbonyl (C=O) groups excluding carboxylic acids is 2. The normalized spacial score (nSPS) is 13.2. The molecular weight excluding hydrogens is 470 g/mol. The average molecular weight is 494 g/mol. The zero-order valence-corrected chi connectivity index (χ0v) is 20.3. The minimum absolute atomic E-state index is 0.104. The summed E-state index contributed by atoms with van der Waals surface area (Å²) in [7, 11) is 0. The number of furan rings is 1. The molecule has 1 N–H and O–H groups in total. The Kier molecular flexibility index (Phi) is 6.39. The first kappa shape index (κ1) is 22.6. The molecule has 2 aromatic heterocycles. The maximum Gasteiger partial charge on any atom is 0.274 e. The van der Waals surface area contributed by atoms with Crippen LogP contribution in [0.4, 0.5) is 0 Å². The van der Waals surface area contributed by atoms with Crippen LogP contribution < -0.4 is 5.32 Å². The smallest absolute Gasteiger partial charge is 0.274 e. The van der Waals surface area contributed by atoms with Gasteiger partial charge >= 0.3 is 0 Å². The molecule has 0 bridgehead atoms. The standard InChI is InChI=1S/C26H24ClN3O3S/c1-16-29-23(24(34-16)18-7-9-19(27)10-8-18)26(32)30(15-17-5-6-17)13-12-28-25(31)21-3-2-4-22-20(21)11-14-33-22/h2-4,7-11,14,17H,5-6,12-13,15H2,1H3,(H,28,31). The van der Waals surface area contributed by atoms with Crippen LogP contribution in [0.1, 0.15) is 38.7 Å². The molecule has 6 nitrogen and oxygen atoms in total. The second-order valence-electron chi connectivity index (χ2n) is 8.51. The Morgan fingerprint density at radius 2 is 1.97 bits per heavy atom. The zero-order valence-electron chi connectivity index (χ0n) is 18.7. The van der Waals surface area contributed by atoms with Gasteiger partial charge in [0.1, 0.15) is 11.3 Å². The Bertz CT molecular complexity index is 1340. The Balaban J connectivity index is 1.31. The van der Waals surface area contributed by atoms with E-state index >= 15 is 0 Å². The van der Waals surface area contributed by atoms with Crippen LogP contribution in [0.25, 0.3) is 21.4 Å². The number of amides is 2. The summed E-state index contributed by atoms with van der Waals surface area (Å²) in [5, 5.41) is 5.22. The third-order valence-corrected chi connectivity index (χ3v) is 7.19. The number of fused-ring (bicyclic) bond motifs is 1. The number of hydrogen-bond acceptors (Lipinski definition) is 5. The molecule has 0 spiro atoms. The van der Waals surface area contributed by atoms with E-state index in [4.69, 9.17) is 16.0 Å². The number of halogens is 1. The van der Waals surface area contributed by atoms with Crippen molar-refractivity contribution in [2.24, 2.45) is 5.92 Å². The lowest BCUT2D eigenvalue weighted by Gasteiger charge is -2.22. The molecule has 1 aliphatic rings. The molecule has 5 rings (SSSR count). The van der Waals surface area contributed by atoms with Gasteiger partial charge in [0.25, 0.3) is 11.8 Å². The molecule has 34 heavy (non-hydrogen) atoms. The minimum Gasteiger partial charge on any atom is -0.464 e. The largest absolute Gasteiger partial charge is 0.464 e. The Labute approximate surface area is 206 Å². The van der Waals surface area contributed by atoms with Gasteiger partial charge in [0.2, 0.25) is 0 Å². The Morgan fingerprint density at radius 3 is 2.74 bits per heavy atom. The summed E-state index contributed by atoms with van der Waals surface area (Å²) in [6, 6.07) is 14.6. The molecule has 0 atom stereocenters. The van der Waals surface area contributed by atoms with Crippen LogP contribution in [0, 0.1) is 12.8 Å². The lowest BCUT2D eigenvalue weighted by atomic mass is 10.1. The van der Waals surface area contributed by atoms with Crippen LogP contribution in [-0.2, 0) is 0 Å². The summed E-state index contributed by atoms with van der Waals surface area (Å²) in [4.78, 5) is 33.6. The number of benzene rings is 2. The van der Waals surface area contributed by atoms with Crippen molar-refractivity contribution in [3.63, 3.8) is 0 Å². The van der Waals surface area contributed by atoms with E-state index in [2.05, 4.69) is 10.3 Å². The summed E-state index contributed by atoms with van der Waals surface area (Å²) in [6.45, 7) is 3.34. The number of rotatable bonds is 8. The van der Waals surface area contributed by atoms with Crippen molar-refractivity contribution in [3.8, 4) is 10.4 Å². The van der Waals surface area contributed by atoms with Crippen molar-refractivity contribution in [1.82, 2.24) is 15.2 Å². The van der Waals surface area contributed by atoms with Gasteiger partial charge in [-0.3, -0.25) is 9.59 Å². The fourth-order valence-corrected chi connectivity index (χ4v) is 5.04. The predicted octanol–water partition coefficient (Wildman–Crippen LogP) is 5.80. The number of nitrogens with one attached hydrogen (secondary N) is 1. The highest BCUT2D eigenvalue weighted by atomic mass is 35.5. The molecule has 0 radical (unpaired) electrons. The van der Waals surface area contributed by atoms with Gasteiger partial charge in [-0.05, 0) is 61.6 Å². The molecule has 0 unspecified atom stereocenters. The van der Waals surface area contributed by atoms with Gasteiger partial charge in [0.05, 0.1) is 21.7 Å². The van der Waals surface area contributed by atoms with Crippen LogP contribution >= 0.6 is 22.9 Å². The van der Waals surface area contributed by atoms with Gasteiger partial charge in [-0.2, -0.15) is 0 Å². The number of hydrogen-bond donors (Lipinski definition) is 1. The highest BCUT2D eigenvalue weighted by molar-refractivity contribution is 7.15. The molecule has 2 amide bonds. The molecule has 0 saturated heterocycles. The van der Waals surface area contributed by atoms with E-state index < -0.39 is 0 Å². The van der Waals surface area contributed by atoms with E-state index in [0.29, 0.717) is 47.4 Å². The van der Waals surface area contributed by atoms with E-state index in [9.17, 15) is 9.59 Å².